The number of hydrazone groups is 1. The van der Waals surface area contributed by atoms with E-state index >= 15 is 0 Å². The minimum atomic E-state index is -0.295. The van der Waals surface area contributed by atoms with Gasteiger partial charge in [0.25, 0.3) is 5.91 Å². The van der Waals surface area contributed by atoms with Crippen molar-refractivity contribution < 1.29 is 9.59 Å². The van der Waals surface area contributed by atoms with E-state index in [-0.39, 0.29) is 23.7 Å². The van der Waals surface area contributed by atoms with E-state index in [0.717, 1.165) is 5.56 Å². The van der Waals surface area contributed by atoms with E-state index in [2.05, 4.69) is 43.2 Å². The monoisotopic (exact) mass is 315 g/mol. The molecule has 0 aromatic heterocycles. The van der Waals surface area contributed by atoms with E-state index in [1.165, 1.54) is 0 Å². The second kappa shape index (κ2) is 8.27. The van der Waals surface area contributed by atoms with Gasteiger partial charge in [0.05, 0.1) is 6.42 Å². The molecule has 0 saturated carbocycles. The lowest BCUT2D eigenvalue weighted by atomic mass is 9.87. The smallest absolute Gasteiger partial charge is 0.271 e. The third kappa shape index (κ3) is 6.46. The Labute approximate surface area is 137 Å². The summed E-state index contributed by atoms with van der Waals surface area (Å²) in [7, 11) is 0. The predicted molar refractivity (Wildman–Crippen MR) is 93.5 cm³/mol. The van der Waals surface area contributed by atoms with E-state index in [4.69, 9.17) is 0 Å². The lowest BCUT2D eigenvalue weighted by Crippen LogP contribution is -2.26. The van der Waals surface area contributed by atoms with Gasteiger partial charge in [0, 0.05) is 17.8 Å². The molecule has 5 heteroatoms. The summed E-state index contributed by atoms with van der Waals surface area (Å²) in [6, 6.07) is 7.43. The van der Waals surface area contributed by atoms with E-state index in [0.29, 0.717) is 17.8 Å². The number of nitrogens with one attached hydrogen (secondary N) is 2. The highest BCUT2D eigenvalue weighted by atomic mass is 16.2. The van der Waals surface area contributed by atoms with Crippen LogP contribution in [0, 0.1) is 0 Å². The van der Waals surface area contributed by atoms with Gasteiger partial charge in [-0.2, -0.15) is 5.10 Å². The van der Waals surface area contributed by atoms with Crippen molar-refractivity contribution in [3.63, 3.8) is 0 Å². The summed E-state index contributed by atoms with van der Waals surface area (Å²) < 4.78 is 0. The number of benzene rings is 1. The van der Waals surface area contributed by atoms with Gasteiger partial charge in [0.2, 0.25) is 5.91 Å². The average molecular weight is 315 g/mol. The van der Waals surface area contributed by atoms with Crippen LogP contribution in [0.5, 0.6) is 0 Å². The summed E-state index contributed by atoms with van der Waals surface area (Å²) in [5.41, 5.74) is 4.74. The highest BCUT2D eigenvalue weighted by Crippen LogP contribution is 2.22. The van der Waals surface area contributed by atoms with Gasteiger partial charge in [-0.25, -0.2) is 5.43 Å². The number of hydrogen-bond acceptors (Lipinski definition) is 3. The zero-order chi connectivity index (χ0) is 17.5. The molecule has 0 radical (unpaired) electrons. The Kier molecular flexibility index (Phi) is 6.69. The number of carbonyl (C=O) groups is 2. The molecule has 1 aromatic rings. The van der Waals surface area contributed by atoms with Crippen LogP contribution in [0.4, 0.5) is 0 Å². The molecule has 0 fully saturated rings. The van der Waals surface area contributed by atoms with Crippen molar-refractivity contribution in [1.29, 1.82) is 0 Å². The molecule has 2 amide bonds. The molecule has 124 valence electrons. The summed E-state index contributed by atoms with van der Waals surface area (Å²) in [4.78, 5) is 23.5. The molecule has 23 heavy (non-hydrogen) atoms. The second-order valence-corrected chi connectivity index (χ2v) is 6.38. The molecular formula is C18H25N3O2. The van der Waals surface area contributed by atoms with Gasteiger partial charge in [-0.15, -0.1) is 6.58 Å². The molecule has 0 unspecified atom stereocenters. The van der Waals surface area contributed by atoms with Gasteiger partial charge < -0.3 is 5.32 Å². The Morgan fingerprint density at radius 1 is 1.22 bits per heavy atom. The highest BCUT2D eigenvalue weighted by molar-refractivity contribution is 6.01. The van der Waals surface area contributed by atoms with Gasteiger partial charge >= 0.3 is 0 Å². The van der Waals surface area contributed by atoms with E-state index in [1.54, 1.807) is 25.1 Å². The molecule has 0 atom stereocenters. The fourth-order valence-electron chi connectivity index (χ4n) is 1.85. The van der Waals surface area contributed by atoms with Crippen molar-refractivity contribution in [1.82, 2.24) is 10.7 Å². The normalized spacial score (nSPS) is 11.7. The largest absolute Gasteiger partial charge is 0.352 e. The van der Waals surface area contributed by atoms with Crippen LogP contribution in [-0.4, -0.2) is 24.1 Å². The second-order valence-electron chi connectivity index (χ2n) is 6.38. The number of nitrogens with zero attached hydrogens (tertiary/aromatic N) is 1. The van der Waals surface area contributed by atoms with Crippen molar-refractivity contribution in [3.8, 4) is 0 Å². The first-order chi connectivity index (χ1) is 10.7. The summed E-state index contributed by atoms with van der Waals surface area (Å²) in [5.74, 6) is -0.453. The van der Waals surface area contributed by atoms with Crippen LogP contribution in [0.15, 0.2) is 42.0 Å². The minimum Gasteiger partial charge on any atom is -0.352 e. The Balaban J connectivity index is 2.60. The molecule has 1 aromatic carbocycles. The first-order valence-corrected chi connectivity index (χ1v) is 7.55. The number of amides is 2. The van der Waals surface area contributed by atoms with Gasteiger partial charge in [-0.1, -0.05) is 39.0 Å². The number of carbonyl (C=O) groups excluding carboxylic acids is 2. The Hall–Kier alpha value is -2.43. The molecule has 0 saturated heterocycles. The van der Waals surface area contributed by atoms with Gasteiger partial charge in [0.15, 0.2) is 0 Å². The van der Waals surface area contributed by atoms with Crippen LogP contribution < -0.4 is 10.7 Å². The first kappa shape index (κ1) is 18.6. The van der Waals surface area contributed by atoms with E-state index < -0.39 is 0 Å². The summed E-state index contributed by atoms with van der Waals surface area (Å²) in [6.07, 6.45) is 1.74. The van der Waals surface area contributed by atoms with Crippen molar-refractivity contribution in [2.75, 3.05) is 6.54 Å². The molecule has 1 rings (SSSR count). The summed E-state index contributed by atoms with van der Waals surface area (Å²) >= 11 is 0. The lowest BCUT2D eigenvalue weighted by molar-refractivity contribution is -0.119. The Morgan fingerprint density at radius 3 is 2.35 bits per heavy atom. The molecular weight excluding hydrogens is 290 g/mol. The minimum absolute atomic E-state index is 0.0442. The van der Waals surface area contributed by atoms with Crippen molar-refractivity contribution in [2.24, 2.45) is 5.10 Å². The fourth-order valence-corrected chi connectivity index (χ4v) is 1.85. The predicted octanol–water partition coefficient (Wildman–Crippen LogP) is 2.78. The first-order valence-electron chi connectivity index (χ1n) is 7.55. The van der Waals surface area contributed by atoms with Crippen molar-refractivity contribution in [2.45, 2.75) is 39.5 Å². The van der Waals surface area contributed by atoms with Crippen LogP contribution in [0.25, 0.3) is 0 Å². The van der Waals surface area contributed by atoms with Crippen LogP contribution in [0.2, 0.25) is 0 Å². The summed E-state index contributed by atoms with van der Waals surface area (Å²) in [5, 5.41) is 6.60. The van der Waals surface area contributed by atoms with Crippen molar-refractivity contribution in [3.05, 3.63) is 48.0 Å². The van der Waals surface area contributed by atoms with Crippen molar-refractivity contribution >= 4 is 17.5 Å². The topological polar surface area (TPSA) is 70.6 Å². The van der Waals surface area contributed by atoms with E-state index in [9.17, 15) is 9.59 Å². The van der Waals surface area contributed by atoms with Gasteiger partial charge in [0.1, 0.15) is 0 Å². The van der Waals surface area contributed by atoms with E-state index in [1.807, 2.05) is 12.1 Å². The van der Waals surface area contributed by atoms with Crippen LogP contribution in [0.3, 0.4) is 0 Å². The number of hydrogen-bond donors (Lipinski definition) is 2. The maximum atomic E-state index is 12.0. The molecule has 0 bridgehead atoms. The molecule has 0 heterocycles. The SMILES string of the molecule is C=CCNC(=O)C/C(C)=N/NC(=O)c1ccc(C(C)(C)C)cc1. The third-order valence-corrected chi connectivity index (χ3v) is 3.22. The molecule has 0 aliphatic rings. The Bertz CT molecular complexity index is 596. The Morgan fingerprint density at radius 2 is 1.83 bits per heavy atom. The standard InChI is InChI=1S/C18H25N3O2/c1-6-11-19-16(22)12-13(2)20-21-17(23)14-7-9-15(10-8-14)18(3,4)5/h6-10H,1,11-12H2,2-5H3,(H,19,22)(H,21,23)/b20-13+. The highest BCUT2D eigenvalue weighted by Gasteiger charge is 2.14. The molecule has 2 N–H and O–H groups in total. The maximum Gasteiger partial charge on any atom is 0.271 e. The molecule has 0 spiro atoms. The lowest BCUT2D eigenvalue weighted by Gasteiger charge is -2.18. The molecule has 0 aliphatic carbocycles. The van der Waals surface area contributed by atoms with Gasteiger partial charge in [-0.3, -0.25) is 9.59 Å². The maximum absolute atomic E-state index is 12.0. The summed E-state index contributed by atoms with van der Waals surface area (Å²) in [6.45, 7) is 12.0. The molecule has 5 nitrogen and oxygen atoms in total. The zero-order valence-corrected chi connectivity index (χ0v) is 14.3. The fraction of sp³-hybridized carbons (Fsp3) is 0.389. The molecule has 0 aliphatic heterocycles. The zero-order valence-electron chi connectivity index (χ0n) is 14.3. The number of rotatable bonds is 6. The third-order valence-electron chi connectivity index (χ3n) is 3.22. The van der Waals surface area contributed by atoms with Crippen LogP contribution in [0.1, 0.15) is 50.0 Å². The van der Waals surface area contributed by atoms with Crippen LogP contribution >= 0.6 is 0 Å². The quantitative estimate of drug-likeness (QED) is 0.481. The van der Waals surface area contributed by atoms with Gasteiger partial charge in [-0.05, 0) is 30.0 Å². The average Bonchev–Trinajstić information content (AvgIpc) is 2.49. The van der Waals surface area contributed by atoms with Crippen LogP contribution in [-0.2, 0) is 10.2 Å².